The van der Waals surface area contributed by atoms with Crippen LogP contribution in [0.2, 0.25) is 0 Å². The molecule has 0 aliphatic heterocycles. The quantitative estimate of drug-likeness (QED) is 0.815. The van der Waals surface area contributed by atoms with Crippen LogP contribution >= 0.6 is 11.8 Å². The molecular formula is C11H11N5S. The van der Waals surface area contributed by atoms with Gasteiger partial charge in [-0.3, -0.25) is 0 Å². The van der Waals surface area contributed by atoms with E-state index in [4.69, 9.17) is 11.0 Å². The fourth-order valence-electron chi connectivity index (χ4n) is 1.29. The van der Waals surface area contributed by atoms with Crippen LogP contribution < -0.4 is 5.73 Å². The molecule has 2 N–H and O–H groups in total. The third-order valence-electron chi connectivity index (χ3n) is 2.39. The van der Waals surface area contributed by atoms with E-state index in [1.807, 2.05) is 24.6 Å². The van der Waals surface area contributed by atoms with Crippen LogP contribution in [0.25, 0.3) is 0 Å². The molecule has 5 nitrogen and oxygen atoms in total. The summed E-state index contributed by atoms with van der Waals surface area (Å²) in [6, 6.07) is 7.27. The highest BCUT2D eigenvalue weighted by atomic mass is 32.2. The summed E-state index contributed by atoms with van der Waals surface area (Å²) in [5.41, 5.74) is 7.01. The van der Waals surface area contributed by atoms with E-state index in [0.717, 1.165) is 15.9 Å². The van der Waals surface area contributed by atoms with Crippen molar-refractivity contribution in [3.63, 3.8) is 0 Å². The number of benzene rings is 1. The zero-order valence-electron chi connectivity index (χ0n) is 9.51. The minimum absolute atomic E-state index is 0.556. The van der Waals surface area contributed by atoms with E-state index in [-0.39, 0.29) is 0 Å². The predicted octanol–water partition coefficient (Wildman–Crippen LogP) is 1.73. The van der Waals surface area contributed by atoms with Gasteiger partial charge in [0.15, 0.2) is 5.16 Å². The predicted molar refractivity (Wildman–Crippen MR) is 65.4 cm³/mol. The molecule has 0 bridgehead atoms. The summed E-state index contributed by atoms with van der Waals surface area (Å²) >= 11 is 1.44. The molecule has 2 rings (SSSR count). The van der Waals surface area contributed by atoms with Gasteiger partial charge in [-0.1, -0.05) is 0 Å². The molecule has 0 spiro atoms. The van der Waals surface area contributed by atoms with Crippen LogP contribution in [0.4, 0.5) is 5.69 Å². The maximum atomic E-state index is 8.75. The van der Waals surface area contributed by atoms with Gasteiger partial charge in [-0.15, -0.1) is 10.2 Å². The summed E-state index contributed by atoms with van der Waals surface area (Å²) in [5.74, 6) is 0.847. The number of anilines is 1. The lowest BCUT2D eigenvalue weighted by atomic mass is 10.2. The minimum atomic E-state index is 0.556. The van der Waals surface area contributed by atoms with Crippen LogP contribution in [-0.4, -0.2) is 14.8 Å². The molecule has 0 aliphatic carbocycles. The summed E-state index contributed by atoms with van der Waals surface area (Å²) in [5, 5.41) is 17.6. The Morgan fingerprint density at radius 2 is 2.18 bits per heavy atom. The van der Waals surface area contributed by atoms with Crippen LogP contribution in [0.3, 0.4) is 0 Å². The number of aromatic nitrogens is 3. The van der Waals surface area contributed by atoms with Crippen molar-refractivity contribution in [3.05, 3.63) is 29.6 Å². The van der Waals surface area contributed by atoms with Crippen molar-refractivity contribution in [2.45, 2.75) is 17.0 Å². The number of nitrogens with two attached hydrogens (primary N) is 1. The van der Waals surface area contributed by atoms with Gasteiger partial charge in [0.1, 0.15) is 5.82 Å². The molecule has 1 heterocycles. The fourth-order valence-corrected chi connectivity index (χ4v) is 2.15. The number of hydrogen-bond acceptors (Lipinski definition) is 5. The molecule has 0 unspecified atom stereocenters. The number of nitriles is 1. The van der Waals surface area contributed by atoms with Gasteiger partial charge >= 0.3 is 0 Å². The molecule has 0 amide bonds. The maximum absolute atomic E-state index is 8.75. The van der Waals surface area contributed by atoms with Crippen molar-refractivity contribution in [1.29, 1.82) is 5.26 Å². The fraction of sp³-hybridized carbons (Fsp3) is 0.182. The molecule has 0 radical (unpaired) electrons. The molecule has 1 aromatic heterocycles. The Bertz CT molecular complexity index is 596. The molecule has 86 valence electrons. The van der Waals surface area contributed by atoms with Gasteiger partial charge in [-0.05, 0) is 36.9 Å². The Labute approximate surface area is 103 Å². The first kappa shape index (κ1) is 11.5. The van der Waals surface area contributed by atoms with Crippen LogP contribution in [0.5, 0.6) is 0 Å². The zero-order valence-corrected chi connectivity index (χ0v) is 10.3. The lowest BCUT2D eigenvalue weighted by molar-refractivity contribution is 0.766. The summed E-state index contributed by atoms with van der Waals surface area (Å²) < 4.78 is 1.89. The van der Waals surface area contributed by atoms with Crippen LogP contribution in [0, 0.1) is 18.3 Å². The van der Waals surface area contributed by atoms with E-state index >= 15 is 0 Å². The molecule has 1 aromatic carbocycles. The number of rotatable bonds is 2. The highest BCUT2D eigenvalue weighted by Gasteiger charge is 2.09. The molecule has 0 fully saturated rings. The van der Waals surface area contributed by atoms with Crippen molar-refractivity contribution in [1.82, 2.24) is 14.8 Å². The average molecular weight is 245 g/mol. The number of nitrogen functional groups attached to an aromatic ring is 1. The first-order valence-electron chi connectivity index (χ1n) is 4.95. The lowest BCUT2D eigenvalue weighted by Crippen LogP contribution is -1.95. The van der Waals surface area contributed by atoms with E-state index in [1.165, 1.54) is 11.8 Å². The van der Waals surface area contributed by atoms with Gasteiger partial charge in [0.05, 0.1) is 11.6 Å². The standard InChI is InChI=1S/C11H11N5S/c1-7-14-15-11(16(7)2)17-10-4-3-8(6-12)5-9(10)13/h3-5H,13H2,1-2H3. The van der Waals surface area contributed by atoms with Gasteiger partial charge in [-0.25, -0.2) is 0 Å². The van der Waals surface area contributed by atoms with Gasteiger partial charge in [0.2, 0.25) is 0 Å². The van der Waals surface area contributed by atoms with Crippen LogP contribution in [0.15, 0.2) is 28.3 Å². The molecule has 17 heavy (non-hydrogen) atoms. The largest absolute Gasteiger partial charge is 0.398 e. The van der Waals surface area contributed by atoms with E-state index in [0.29, 0.717) is 11.3 Å². The molecule has 2 aromatic rings. The van der Waals surface area contributed by atoms with Gasteiger partial charge in [0, 0.05) is 17.6 Å². The van der Waals surface area contributed by atoms with E-state index < -0.39 is 0 Å². The first-order valence-corrected chi connectivity index (χ1v) is 5.77. The topological polar surface area (TPSA) is 80.5 Å². The third-order valence-corrected chi connectivity index (χ3v) is 3.52. The third kappa shape index (κ3) is 2.24. The molecule has 0 atom stereocenters. The summed E-state index contributed by atoms with van der Waals surface area (Å²) in [6.07, 6.45) is 0. The molecule has 0 saturated carbocycles. The highest BCUT2D eigenvalue weighted by molar-refractivity contribution is 7.99. The van der Waals surface area contributed by atoms with Gasteiger partial charge < -0.3 is 10.3 Å². The van der Waals surface area contributed by atoms with Crippen molar-refractivity contribution < 1.29 is 0 Å². The van der Waals surface area contributed by atoms with E-state index in [9.17, 15) is 0 Å². The highest BCUT2D eigenvalue weighted by Crippen LogP contribution is 2.31. The first-order chi connectivity index (χ1) is 8.11. The van der Waals surface area contributed by atoms with Crippen molar-refractivity contribution in [2.75, 3.05) is 5.73 Å². The Morgan fingerprint density at radius 1 is 1.41 bits per heavy atom. The molecule has 0 aliphatic rings. The minimum Gasteiger partial charge on any atom is -0.398 e. The van der Waals surface area contributed by atoms with Crippen LogP contribution in [-0.2, 0) is 7.05 Å². The number of hydrogen-bond donors (Lipinski definition) is 1. The summed E-state index contributed by atoms with van der Waals surface area (Å²) in [6.45, 7) is 1.89. The summed E-state index contributed by atoms with van der Waals surface area (Å²) in [4.78, 5) is 0.875. The summed E-state index contributed by atoms with van der Waals surface area (Å²) in [7, 11) is 1.90. The SMILES string of the molecule is Cc1nnc(Sc2ccc(C#N)cc2N)n1C. The second-order valence-corrected chi connectivity index (χ2v) is 4.56. The molecular weight excluding hydrogens is 234 g/mol. The van der Waals surface area contributed by atoms with E-state index in [2.05, 4.69) is 16.3 Å². The lowest BCUT2D eigenvalue weighted by Gasteiger charge is -2.05. The van der Waals surface area contributed by atoms with Crippen molar-refractivity contribution in [2.24, 2.45) is 7.05 Å². The number of aryl methyl sites for hydroxylation is 1. The Morgan fingerprint density at radius 3 is 2.71 bits per heavy atom. The zero-order chi connectivity index (χ0) is 12.4. The van der Waals surface area contributed by atoms with Gasteiger partial charge in [0.25, 0.3) is 0 Å². The van der Waals surface area contributed by atoms with Crippen molar-refractivity contribution >= 4 is 17.4 Å². The molecule has 0 saturated heterocycles. The van der Waals surface area contributed by atoms with Crippen molar-refractivity contribution in [3.8, 4) is 6.07 Å². The maximum Gasteiger partial charge on any atom is 0.195 e. The molecule has 6 heteroatoms. The Kier molecular flexibility index (Phi) is 3.02. The number of nitrogens with zero attached hydrogens (tertiary/aromatic N) is 4. The monoisotopic (exact) mass is 245 g/mol. The van der Waals surface area contributed by atoms with E-state index in [1.54, 1.807) is 12.1 Å². The normalized spacial score (nSPS) is 10.2. The Hall–Kier alpha value is -2.00. The smallest absolute Gasteiger partial charge is 0.195 e. The second kappa shape index (κ2) is 4.47. The van der Waals surface area contributed by atoms with Crippen LogP contribution in [0.1, 0.15) is 11.4 Å². The van der Waals surface area contributed by atoms with Gasteiger partial charge in [-0.2, -0.15) is 5.26 Å². The average Bonchev–Trinajstić information content (AvgIpc) is 2.63. The Balaban J connectivity index is 2.31. The second-order valence-electron chi connectivity index (χ2n) is 3.56.